The summed E-state index contributed by atoms with van der Waals surface area (Å²) in [6, 6.07) is 53.2. The number of hydrogen-bond donors (Lipinski definition) is 1. The van der Waals surface area contributed by atoms with Crippen LogP contribution >= 0.6 is 11.3 Å². The number of furan rings is 1. The molecule has 9 aromatic rings. The first-order valence-corrected chi connectivity index (χ1v) is 16.9. The maximum atomic E-state index is 6.51. The number of aliphatic imine (C=N–C) groups is 2. The lowest BCUT2D eigenvalue weighted by atomic mass is 9.98. The lowest BCUT2D eigenvalue weighted by Crippen LogP contribution is -2.33. The minimum absolute atomic E-state index is 0.262. The van der Waals surface area contributed by atoms with Gasteiger partial charge in [-0.2, -0.15) is 0 Å². The van der Waals surface area contributed by atoms with Crippen molar-refractivity contribution in [3.05, 3.63) is 168 Å². The van der Waals surface area contributed by atoms with E-state index in [0.717, 1.165) is 61.2 Å². The molecule has 0 aliphatic carbocycles. The highest BCUT2D eigenvalue weighted by atomic mass is 32.1. The minimum Gasteiger partial charge on any atom is -0.455 e. The average molecular weight is 634 g/mol. The summed E-state index contributed by atoms with van der Waals surface area (Å²) in [4.78, 5) is 10.3. The number of rotatable bonds is 4. The first-order valence-electron chi connectivity index (χ1n) is 16.1. The molecule has 2 aromatic heterocycles. The number of benzene rings is 7. The van der Waals surface area contributed by atoms with E-state index < -0.39 is 0 Å². The summed E-state index contributed by atoms with van der Waals surface area (Å²) >= 11 is 1.83. The summed E-state index contributed by atoms with van der Waals surface area (Å²) in [6.07, 6.45) is -0.262. The van der Waals surface area contributed by atoms with Gasteiger partial charge >= 0.3 is 0 Å². The topological polar surface area (TPSA) is 49.9 Å². The van der Waals surface area contributed by atoms with E-state index in [1.54, 1.807) is 0 Å². The van der Waals surface area contributed by atoms with E-state index in [9.17, 15) is 0 Å². The van der Waals surface area contributed by atoms with Gasteiger partial charge in [0.05, 0.1) is 0 Å². The Kier molecular flexibility index (Phi) is 6.08. The molecule has 1 unspecified atom stereocenters. The first-order chi connectivity index (χ1) is 23.8. The lowest BCUT2D eigenvalue weighted by Gasteiger charge is -2.24. The van der Waals surface area contributed by atoms with E-state index in [4.69, 9.17) is 14.4 Å². The highest BCUT2D eigenvalue weighted by molar-refractivity contribution is 7.26. The van der Waals surface area contributed by atoms with Crippen molar-refractivity contribution >= 4 is 75.9 Å². The van der Waals surface area contributed by atoms with E-state index in [0.29, 0.717) is 0 Å². The molecule has 1 aliphatic rings. The van der Waals surface area contributed by atoms with Crippen molar-refractivity contribution in [2.45, 2.75) is 6.17 Å². The predicted octanol–water partition coefficient (Wildman–Crippen LogP) is 11.3. The fourth-order valence-electron chi connectivity index (χ4n) is 7.03. The van der Waals surface area contributed by atoms with Crippen LogP contribution in [0.15, 0.2) is 166 Å². The number of amidine groups is 2. The van der Waals surface area contributed by atoms with Crippen molar-refractivity contribution in [3.8, 4) is 11.1 Å². The van der Waals surface area contributed by atoms with Gasteiger partial charge in [0.15, 0.2) is 5.84 Å². The molecule has 10 rings (SSSR count). The molecule has 0 amide bonds. The van der Waals surface area contributed by atoms with Gasteiger partial charge in [0.1, 0.15) is 23.2 Å². The highest BCUT2D eigenvalue weighted by Gasteiger charge is 2.23. The summed E-state index contributed by atoms with van der Waals surface area (Å²) in [5.74, 6) is 1.53. The number of fused-ring (bicyclic) bond motifs is 8. The van der Waals surface area contributed by atoms with Crippen molar-refractivity contribution in [1.82, 2.24) is 5.32 Å². The van der Waals surface area contributed by atoms with Gasteiger partial charge in [0, 0.05) is 47.6 Å². The molecule has 0 bridgehead atoms. The summed E-state index contributed by atoms with van der Waals surface area (Å²) in [5.41, 5.74) is 7.35. The number of nitrogens with zero attached hydrogens (tertiary/aromatic N) is 2. The first kappa shape index (κ1) is 27.1. The van der Waals surface area contributed by atoms with Crippen molar-refractivity contribution in [2.24, 2.45) is 9.98 Å². The molecule has 0 saturated carbocycles. The van der Waals surface area contributed by atoms with Gasteiger partial charge in [0.2, 0.25) is 0 Å². The Balaban J connectivity index is 1.12. The second-order valence-electron chi connectivity index (χ2n) is 12.2. The van der Waals surface area contributed by atoms with Gasteiger partial charge in [-0.05, 0) is 40.1 Å². The second-order valence-corrected chi connectivity index (χ2v) is 13.2. The SMILES string of the molecule is c1ccc(C2N=C(c3cccc4ccccc34)N=C(c3ccc(-c4cc5c6ccccc6oc5c5c4sc4ccccc45)cc3)N2)cc1. The number of para-hydroxylation sites is 1. The minimum atomic E-state index is -0.262. The van der Waals surface area contributed by atoms with E-state index >= 15 is 0 Å². The van der Waals surface area contributed by atoms with Gasteiger partial charge in [-0.1, -0.05) is 133 Å². The fourth-order valence-corrected chi connectivity index (χ4v) is 8.27. The molecule has 1 N–H and O–H groups in total. The van der Waals surface area contributed by atoms with Crippen LogP contribution in [0.1, 0.15) is 22.9 Å². The molecule has 0 spiro atoms. The summed E-state index contributed by atoms with van der Waals surface area (Å²) in [7, 11) is 0. The molecular weight excluding hydrogens is 607 g/mol. The number of thiophene rings is 1. The van der Waals surface area contributed by atoms with Crippen LogP contribution in [0.5, 0.6) is 0 Å². The zero-order valence-electron chi connectivity index (χ0n) is 25.7. The van der Waals surface area contributed by atoms with Crippen LogP contribution in [0.25, 0.3) is 64.0 Å². The lowest BCUT2D eigenvalue weighted by molar-refractivity contribution is 0.673. The van der Waals surface area contributed by atoms with Crippen molar-refractivity contribution in [2.75, 3.05) is 0 Å². The Bertz CT molecular complexity index is 2750. The van der Waals surface area contributed by atoms with Gasteiger partial charge in [0.25, 0.3) is 0 Å². The molecule has 0 fully saturated rings. The van der Waals surface area contributed by atoms with Crippen LogP contribution in [0.4, 0.5) is 0 Å². The number of hydrogen-bond acceptors (Lipinski definition) is 5. The predicted molar refractivity (Wildman–Crippen MR) is 201 cm³/mol. The maximum Gasteiger partial charge on any atom is 0.160 e. The molecule has 1 aliphatic heterocycles. The van der Waals surface area contributed by atoms with E-state index in [-0.39, 0.29) is 6.17 Å². The Labute approximate surface area is 280 Å². The molecular formula is C43H27N3OS. The Hall–Kier alpha value is -6.04. The zero-order valence-corrected chi connectivity index (χ0v) is 26.5. The van der Waals surface area contributed by atoms with Crippen LogP contribution in [0.2, 0.25) is 0 Å². The van der Waals surface area contributed by atoms with Gasteiger partial charge in [-0.25, -0.2) is 9.98 Å². The summed E-state index contributed by atoms with van der Waals surface area (Å²) < 4.78 is 9.00. The third-order valence-corrected chi connectivity index (χ3v) is 10.6. The normalized spacial score (nSPS) is 14.9. The Morgan fingerprint density at radius 3 is 2.17 bits per heavy atom. The van der Waals surface area contributed by atoms with Gasteiger partial charge in [-0.15, -0.1) is 11.3 Å². The molecule has 0 saturated heterocycles. The van der Waals surface area contributed by atoms with Crippen molar-refractivity contribution in [1.29, 1.82) is 0 Å². The van der Waals surface area contributed by atoms with Gasteiger partial charge < -0.3 is 9.73 Å². The summed E-state index contributed by atoms with van der Waals surface area (Å²) in [6.45, 7) is 0. The molecule has 3 heterocycles. The average Bonchev–Trinajstić information content (AvgIpc) is 3.73. The molecule has 1 atom stereocenters. The smallest absolute Gasteiger partial charge is 0.160 e. The quantitative estimate of drug-likeness (QED) is 0.210. The molecule has 0 radical (unpaired) electrons. The Morgan fingerprint density at radius 2 is 1.29 bits per heavy atom. The fraction of sp³-hybridized carbons (Fsp3) is 0.0233. The van der Waals surface area contributed by atoms with E-state index in [1.807, 2.05) is 23.5 Å². The largest absolute Gasteiger partial charge is 0.455 e. The van der Waals surface area contributed by atoms with E-state index in [1.165, 1.54) is 31.1 Å². The third kappa shape index (κ3) is 4.29. The third-order valence-electron chi connectivity index (χ3n) is 9.35. The van der Waals surface area contributed by atoms with E-state index in [2.05, 4.69) is 145 Å². The van der Waals surface area contributed by atoms with Crippen molar-refractivity contribution < 1.29 is 4.42 Å². The molecule has 7 aromatic carbocycles. The van der Waals surface area contributed by atoms with Crippen LogP contribution in [-0.4, -0.2) is 11.7 Å². The zero-order chi connectivity index (χ0) is 31.6. The summed E-state index contributed by atoms with van der Waals surface area (Å²) in [5, 5.41) is 10.6. The molecule has 5 heteroatoms. The second kappa shape index (κ2) is 10.8. The highest BCUT2D eigenvalue weighted by Crippen LogP contribution is 2.46. The molecule has 4 nitrogen and oxygen atoms in total. The van der Waals surface area contributed by atoms with Crippen LogP contribution in [-0.2, 0) is 0 Å². The Morgan fingerprint density at radius 1 is 0.583 bits per heavy atom. The standard InChI is InChI=1S/C43H27N3OS/c1-2-12-28(13-3-1)41-44-42(46-43(45-41)32-18-10-14-26-11-4-5-15-30(26)32)29-23-21-27(22-24-29)34-25-35-31-16-6-8-19-36(31)47-39(35)38-33-17-7-9-20-37(33)48-40(34)38/h1-25,41H,(H,44,45,46). The maximum absolute atomic E-state index is 6.51. The van der Waals surface area contributed by atoms with Crippen LogP contribution in [0.3, 0.4) is 0 Å². The van der Waals surface area contributed by atoms with Gasteiger partial charge in [-0.3, -0.25) is 0 Å². The van der Waals surface area contributed by atoms with Crippen LogP contribution in [0, 0.1) is 0 Å². The van der Waals surface area contributed by atoms with Crippen molar-refractivity contribution in [3.63, 3.8) is 0 Å². The molecule has 226 valence electrons. The number of nitrogens with one attached hydrogen (secondary N) is 1. The molecule has 48 heavy (non-hydrogen) atoms. The monoisotopic (exact) mass is 633 g/mol. The van der Waals surface area contributed by atoms with Crippen LogP contribution < -0.4 is 5.32 Å².